The first-order valence-electron chi connectivity index (χ1n) is 9.93. The Balaban J connectivity index is 1.52. The van der Waals surface area contributed by atoms with Crippen LogP contribution >= 0.6 is 0 Å². The Labute approximate surface area is 177 Å². The van der Waals surface area contributed by atoms with Crippen LogP contribution in [0, 0.1) is 6.92 Å². The molecule has 7 nitrogen and oxygen atoms in total. The lowest BCUT2D eigenvalue weighted by molar-refractivity contribution is 1.10. The normalized spacial score (nSPS) is 11.4. The predicted molar refractivity (Wildman–Crippen MR) is 120 cm³/mol. The number of imidazole rings is 1. The molecule has 0 spiro atoms. The lowest BCUT2D eigenvalue weighted by Crippen LogP contribution is -1.90. The summed E-state index contributed by atoms with van der Waals surface area (Å²) >= 11 is 0. The fourth-order valence-corrected chi connectivity index (χ4v) is 3.85. The zero-order valence-electron chi connectivity index (χ0n) is 16.7. The van der Waals surface area contributed by atoms with Crippen LogP contribution in [0.4, 0.5) is 0 Å². The first-order chi connectivity index (χ1) is 15.3. The Morgan fingerprint density at radius 2 is 1.68 bits per heavy atom. The van der Waals surface area contributed by atoms with E-state index in [4.69, 9.17) is 9.97 Å². The molecule has 0 unspecified atom stereocenters. The van der Waals surface area contributed by atoms with Crippen LogP contribution in [0.25, 0.3) is 56.0 Å². The fourth-order valence-electron chi connectivity index (χ4n) is 3.85. The summed E-state index contributed by atoms with van der Waals surface area (Å²) in [6.07, 6.45) is 7.24. The number of H-pyrrole nitrogens is 2. The third-order valence-electron chi connectivity index (χ3n) is 5.43. The maximum atomic E-state index is 4.89. The van der Waals surface area contributed by atoms with Crippen molar-refractivity contribution in [2.24, 2.45) is 0 Å². The number of aromatic amines is 2. The fraction of sp³-hybridized carbons (Fsp3) is 0.0417. The third-order valence-corrected chi connectivity index (χ3v) is 5.43. The highest BCUT2D eigenvalue weighted by atomic mass is 15.1. The predicted octanol–water partition coefficient (Wildman–Crippen LogP) is 4.93. The molecular weight excluding hydrogens is 386 g/mol. The van der Waals surface area contributed by atoms with Crippen molar-refractivity contribution in [1.82, 2.24) is 35.1 Å². The van der Waals surface area contributed by atoms with Gasteiger partial charge in [-0.05, 0) is 42.8 Å². The molecule has 2 N–H and O–H groups in total. The van der Waals surface area contributed by atoms with Gasteiger partial charge in [0.05, 0.1) is 22.2 Å². The maximum Gasteiger partial charge on any atom is 0.161 e. The average Bonchev–Trinajstić information content (AvgIpc) is 3.43. The molecule has 6 rings (SSSR count). The second kappa shape index (κ2) is 6.84. The van der Waals surface area contributed by atoms with Crippen molar-refractivity contribution in [3.8, 4) is 33.9 Å². The lowest BCUT2D eigenvalue weighted by atomic mass is 10.1. The van der Waals surface area contributed by atoms with Gasteiger partial charge in [-0.15, -0.1) is 0 Å². The monoisotopic (exact) mass is 403 g/mol. The van der Waals surface area contributed by atoms with Gasteiger partial charge < -0.3 is 4.98 Å². The number of pyridine rings is 3. The first-order valence-corrected chi connectivity index (χ1v) is 9.93. The molecule has 0 bridgehead atoms. The number of fused-ring (bicyclic) bond motifs is 2. The number of rotatable bonds is 3. The molecule has 0 radical (unpaired) electrons. The summed E-state index contributed by atoms with van der Waals surface area (Å²) in [4.78, 5) is 21.7. The molecule has 6 aromatic rings. The van der Waals surface area contributed by atoms with E-state index in [1.54, 1.807) is 12.4 Å². The Bertz CT molecular complexity index is 1550. The molecule has 148 valence electrons. The van der Waals surface area contributed by atoms with E-state index in [9.17, 15) is 0 Å². The number of nitrogens with one attached hydrogen (secondary N) is 2. The molecule has 7 heteroatoms. The largest absolute Gasteiger partial charge is 0.336 e. The molecule has 0 aliphatic carbocycles. The number of aromatic nitrogens is 7. The zero-order chi connectivity index (χ0) is 20.8. The highest BCUT2D eigenvalue weighted by Gasteiger charge is 2.17. The molecule has 1 aromatic carbocycles. The summed E-state index contributed by atoms with van der Waals surface area (Å²) in [6.45, 7) is 2.05. The smallest absolute Gasteiger partial charge is 0.161 e. The van der Waals surface area contributed by atoms with Crippen LogP contribution in [0.2, 0.25) is 0 Å². The van der Waals surface area contributed by atoms with Gasteiger partial charge >= 0.3 is 0 Å². The molecule has 0 aliphatic heterocycles. The summed E-state index contributed by atoms with van der Waals surface area (Å²) in [6, 6.07) is 16.0. The minimum absolute atomic E-state index is 0.671. The summed E-state index contributed by atoms with van der Waals surface area (Å²) in [7, 11) is 0. The number of hydrogen-bond acceptors (Lipinski definition) is 5. The molecule has 0 amide bonds. The van der Waals surface area contributed by atoms with Gasteiger partial charge in [0, 0.05) is 41.5 Å². The van der Waals surface area contributed by atoms with E-state index in [-0.39, 0.29) is 0 Å². The number of nitrogens with zero attached hydrogens (tertiary/aromatic N) is 5. The van der Waals surface area contributed by atoms with Gasteiger partial charge in [0.2, 0.25) is 0 Å². The van der Waals surface area contributed by atoms with Gasteiger partial charge in [-0.2, -0.15) is 5.10 Å². The zero-order valence-corrected chi connectivity index (χ0v) is 16.7. The van der Waals surface area contributed by atoms with Gasteiger partial charge in [0.25, 0.3) is 0 Å². The van der Waals surface area contributed by atoms with Crippen LogP contribution in [0.15, 0.2) is 73.3 Å². The minimum atomic E-state index is 0.671. The summed E-state index contributed by atoms with van der Waals surface area (Å²) < 4.78 is 0. The van der Waals surface area contributed by atoms with E-state index < -0.39 is 0 Å². The van der Waals surface area contributed by atoms with Crippen molar-refractivity contribution < 1.29 is 0 Å². The molecule has 0 aliphatic rings. The van der Waals surface area contributed by atoms with Crippen LogP contribution < -0.4 is 0 Å². The molecule has 5 aromatic heterocycles. The van der Waals surface area contributed by atoms with Crippen molar-refractivity contribution in [1.29, 1.82) is 0 Å². The summed E-state index contributed by atoms with van der Waals surface area (Å²) in [5.74, 6) is 0.671. The Hall–Kier alpha value is -4.39. The number of benzene rings is 1. The Morgan fingerprint density at radius 3 is 2.55 bits per heavy atom. The average molecular weight is 403 g/mol. The summed E-state index contributed by atoms with van der Waals surface area (Å²) in [5, 5.41) is 7.58. The Morgan fingerprint density at radius 1 is 0.742 bits per heavy atom. The van der Waals surface area contributed by atoms with Crippen molar-refractivity contribution in [2.45, 2.75) is 6.92 Å². The van der Waals surface area contributed by atoms with Gasteiger partial charge in [0.15, 0.2) is 11.5 Å². The number of aryl methyl sites for hydroxylation is 1. The quantitative estimate of drug-likeness (QED) is 0.437. The highest BCUT2D eigenvalue weighted by molar-refractivity contribution is 5.96. The van der Waals surface area contributed by atoms with E-state index in [0.717, 1.165) is 50.0 Å². The highest BCUT2D eigenvalue weighted by Crippen LogP contribution is 2.31. The third kappa shape index (κ3) is 2.86. The van der Waals surface area contributed by atoms with Gasteiger partial charge in [0.1, 0.15) is 5.52 Å². The SMILES string of the molecule is Cc1ccncc1-c1ccc2[nH]nc(-c3nc4c(-c5cccnc5)cccc4[nH]3)c2n1. The minimum Gasteiger partial charge on any atom is -0.336 e. The van der Waals surface area contributed by atoms with Crippen LogP contribution in [0.3, 0.4) is 0 Å². The van der Waals surface area contributed by atoms with E-state index in [2.05, 4.69) is 32.1 Å². The van der Waals surface area contributed by atoms with Gasteiger partial charge in [-0.25, -0.2) is 9.97 Å². The van der Waals surface area contributed by atoms with Gasteiger partial charge in [-0.1, -0.05) is 18.2 Å². The molecule has 0 saturated carbocycles. The van der Waals surface area contributed by atoms with E-state index in [1.165, 1.54) is 0 Å². The second-order valence-corrected chi connectivity index (χ2v) is 7.38. The molecule has 0 fully saturated rings. The van der Waals surface area contributed by atoms with Crippen molar-refractivity contribution in [3.05, 3.63) is 78.9 Å². The number of para-hydroxylation sites is 1. The van der Waals surface area contributed by atoms with Crippen LogP contribution in [-0.2, 0) is 0 Å². The lowest BCUT2D eigenvalue weighted by Gasteiger charge is -2.04. The number of hydrogen-bond donors (Lipinski definition) is 2. The summed E-state index contributed by atoms with van der Waals surface area (Å²) in [5.41, 5.74) is 9.14. The van der Waals surface area contributed by atoms with Crippen LogP contribution in [-0.4, -0.2) is 35.1 Å². The Kier molecular flexibility index (Phi) is 3.86. The van der Waals surface area contributed by atoms with E-state index in [1.807, 2.05) is 60.9 Å². The van der Waals surface area contributed by atoms with Gasteiger partial charge in [-0.3, -0.25) is 15.1 Å². The molecule has 5 heterocycles. The molecule has 0 saturated heterocycles. The first kappa shape index (κ1) is 17.5. The molecule has 31 heavy (non-hydrogen) atoms. The van der Waals surface area contributed by atoms with Crippen LogP contribution in [0.1, 0.15) is 5.56 Å². The van der Waals surface area contributed by atoms with Crippen molar-refractivity contribution in [3.63, 3.8) is 0 Å². The second-order valence-electron chi connectivity index (χ2n) is 7.38. The van der Waals surface area contributed by atoms with Crippen molar-refractivity contribution in [2.75, 3.05) is 0 Å². The van der Waals surface area contributed by atoms with E-state index in [0.29, 0.717) is 11.5 Å². The standard InChI is InChI=1S/C24H17N7/c1-14-9-11-26-13-17(14)18-7-8-20-22(27-18)23(31-30-20)24-28-19-6-2-5-16(21(19)29-24)15-4-3-10-25-12-15/h2-13H,1H3,(H,28,29)(H,30,31). The topological polar surface area (TPSA) is 96.0 Å². The molecular formula is C24H17N7. The maximum absolute atomic E-state index is 4.89. The van der Waals surface area contributed by atoms with Crippen LogP contribution in [0.5, 0.6) is 0 Å². The molecule has 0 atom stereocenters. The van der Waals surface area contributed by atoms with E-state index >= 15 is 0 Å². The van der Waals surface area contributed by atoms with Crippen molar-refractivity contribution >= 4 is 22.1 Å².